The number of nitrogens with one attached hydrogen (secondary N) is 1. The molecule has 1 heterocycles. The van der Waals surface area contributed by atoms with Crippen LogP contribution in [0.3, 0.4) is 0 Å². The molecule has 0 saturated carbocycles. The number of hydrogen-bond donors (Lipinski definition) is 3. The number of hydrogen-bond acceptors (Lipinski definition) is 5. The van der Waals surface area contributed by atoms with Crippen LogP contribution in [0.4, 0.5) is 4.79 Å². The van der Waals surface area contributed by atoms with Crippen LogP contribution in [0.15, 0.2) is 29.5 Å². The van der Waals surface area contributed by atoms with Crippen LogP contribution in [0.5, 0.6) is 11.5 Å². The number of carbonyl (C=O) groups excluding carboxylic acids is 2. The zero-order chi connectivity index (χ0) is 15.7. The average molecular weight is 291 g/mol. The van der Waals surface area contributed by atoms with E-state index in [1.807, 2.05) is 0 Å². The fraction of sp³-hybridized carbons (Fsp3) is 0.286. The van der Waals surface area contributed by atoms with Crippen molar-refractivity contribution in [2.75, 3.05) is 7.11 Å². The molecule has 1 aliphatic heterocycles. The lowest BCUT2D eigenvalue weighted by Crippen LogP contribution is -2.50. The maximum atomic E-state index is 11.9. The summed E-state index contributed by atoms with van der Waals surface area (Å²) in [5, 5.41) is 13.2. The number of benzene rings is 1. The standard InChI is InChI=1S/C14H17N3O4/c1-7-12(8(2)18)13(16-14(20)17(7)15)9-4-5-10(19)11(6-9)21-3/h4-6,13,19H,15H2,1-3H3,(H,16,20)/t13-/m0/s1. The molecule has 0 aliphatic carbocycles. The van der Waals surface area contributed by atoms with Crippen LogP contribution in [0.1, 0.15) is 25.5 Å². The van der Waals surface area contributed by atoms with Crippen molar-refractivity contribution in [3.8, 4) is 11.5 Å². The van der Waals surface area contributed by atoms with Gasteiger partial charge in [-0.3, -0.25) is 4.79 Å². The van der Waals surface area contributed by atoms with E-state index >= 15 is 0 Å². The van der Waals surface area contributed by atoms with Gasteiger partial charge in [-0.2, -0.15) is 0 Å². The largest absolute Gasteiger partial charge is 0.504 e. The molecular weight excluding hydrogens is 274 g/mol. The summed E-state index contributed by atoms with van der Waals surface area (Å²) in [6.07, 6.45) is 0. The number of nitrogens with zero attached hydrogens (tertiary/aromatic N) is 1. The quantitative estimate of drug-likeness (QED) is 0.573. The number of aromatic hydroxyl groups is 1. The van der Waals surface area contributed by atoms with Crippen LogP contribution in [0, 0.1) is 0 Å². The lowest BCUT2D eigenvalue weighted by molar-refractivity contribution is -0.114. The van der Waals surface area contributed by atoms with Gasteiger partial charge in [0.15, 0.2) is 17.3 Å². The summed E-state index contributed by atoms with van der Waals surface area (Å²) in [6.45, 7) is 3.02. The number of carbonyl (C=O) groups is 2. The molecule has 112 valence electrons. The van der Waals surface area contributed by atoms with Gasteiger partial charge in [0.1, 0.15) is 0 Å². The molecule has 2 amide bonds. The molecule has 2 rings (SSSR count). The van der Waals surface area contributed by atoms with Gasteiger partial charge in [-0.05, 0) is 31.5 Å². The van der Waals surface area contributed by atoms with Crippen molar-refractivity contribution in [1.29, 1.82) is 0 Å². The van der Waals surface area contributed by atoms with E-state index in [1.165, 1.54) is 20.1 Å². The Labute approximate surface area is 122 Å². The Morgan fingerprint density at radius 2 is 2.14 bits per heavy atom. The molecule has 0 aromatic heterocycles. The van der Waals surface area contributed by atoms with Gasteiger partial charge in [0, 0.05) is 11.3 Å². The summed E-state index contributed by atoms with van der Waals surface area (Å²) in [5.74, 6) is 5.66. The summed E-state index contributed by atoms with van der Waals surface area (Å²) in [5.41, 5.74) is 1.41. The van der Waals surface area contributed by atoms with E-state index in [0.717, 1.165) is 5.01 Å². The molecule has 7 nitrogen and oxygen atoms in total. The van der Waals surface area contributed by atoms with Crippen LogP contribution in [-0.2, 0) is 4.79 Å². The van der Waals surface area contributed by atoms with Crippen LogP contribution in [0.25, 0.3) is 0 Å². The van der Waals surface area contributed by atoms with Crippen LogP contribution in [-0.4, -0.2) is 29.0 Å². The molecule has 1 aromatic carbocycles. The highest BCUT2D eigenvalue weighted by Crippen LogP contribution is 2.34. The number of amides is 2. The van der Waals surface area contributed by atoms with E-state index in [9.17, 15) is 14.7 Å². The molecular formula is C14H17N3O4. The first kappa shape index (κ1) is 14.9. The Hall–Kier alpha value is -2.54. The highest BCUT2D eigenvalue weighted by molar-refractivity contribution is 5.98. The predicted molar refractivity (Wildman–Crippen MR) is 75.3 cm³/mol. The number of phenols is 1. The molecule has 21 heavy (non-hydrogen) atoms. The second-order valence-corrected chi connectivity index (χ2v) is 4.74. The van der Waals surface area contributed by atoms with Crippen molar-refractivity contribution in [2.45, 2.75) is 19.9 Å². The van der Waals surface area contributed by atoms with Crippen LogP contribution < -0.4 is 15.9 Å². The Balaban J connectivity index is 2.55. The van der Waals surface area contributed by atoms with Gasteiger partial charge in [0.2, 0.25) is 0 Å². The van der Waals surface area contributed by atoms with Crippen molar-refractivity contribution in [3.05, 3.63) is 35.0 Å². The van der Waals surface area contributed by atoms with Gasteiger partial charge < -0.3 is 15.2 Å². The van der Waals surface area contributed by atoms with Crippen molar-refractivity contribution in [3.63, 3.8) is 0 Å². The molecule has 0 saturated heterocycles. The third-order valence-electron chi connectivity index (χ3n) is 3.44. The number of hydrazine groups is 1. The summed E-state index contributed by atoms with van der Waals surface area (Å²) in [6, 6.07) is 3.50. The lowest BCUT2D eigenvalue weighted by Gasteiger charge is -2.32. The van der Waals surface area contributed by atoms with Gasteiger partial charge in [-0.1, -0.05) is 6.07 Å². The smallest absolute Gasteiger partial charge is 0.336 e. The maximum Gasteiger partial charge on any atom is 0.336 e. The van der Waals surface area contributed by atoms with Gasteiger partial charge in [0.25, 0.3) is 0 Å². The van der Waals surface area contributed by atoms with Crippen molar-refractivity contribution < 1.29 is 19.4 Å². The number of Topliss-reactive ketones (excluding diaryl/α,β-unsaturated/α-hetero) is 1. The van der Waals surface area contributed by atoms with Gasteiger partial charge >= 0.3 is 6.03 Å². The van der Waals surface area contributed by atoms with E-state index in [-0.39, 0.29) is 17.3 Å². The van der Waals surface area contributed by atoms with Gasteiger partial charge in [-0.25, -0.2) is 15.6 Å². The van der Waals surface area contributed by atoms with E-state index in [1.54, 1.807) is 19.1 Å². The number of phenolic OH excluding ortho intramolecular Hbond substituents is 1. The Bertz CT molecular complexity index is 639. The first-order valence-corrected chi connectivity index (χ1v) is 6.30. The highest BCUT2D eigenvalue weighted by Gasteiger charge is 2.33. The molecule has 1 aliphatic rings. The number of allylic oxidation sites excluding steroid dienone is 1. The number of nitrogens with two attached hydrogens (primary N) is 1. The molecule has 0 bridgehead atoms. The Morgan fingerprint density at radius 1 is 1.48 bits per heavy atom. The number of rotatable bonds is 3. The first-order valence-electron chi connectivity index (χ1n) is 6.30. The Kier molecular flexibility index (Phi) is 3.86. The maximum absolute atomic E-state index is 11.9. The molecule has 1 aromatic rings. The fourth-order valence-electron chi connectivity index (χ4n) is 2.34. The van der Waals surface area contributed by atoms with E-state index in [2.05, 4.69) is 5.32 Å². The van der Waals surface area contributed by atoms with E-state index in [4.69, 9.17) is 10.6 Å². The summed E-state index contributed by atoms with van der Waals surface area (Å²) >= 11 is 0. The second kappa shape index (κ2) is 5.45. The van der Waals surface area contributed by atoms with E-state index < -0.39 is 12.1 Å². The number of urea groups is 1. The number of methoxy groups -OCH3 is 1. The number of ether oxygens (including phenoxy) is 1. The number of ketones is 1. The monoisotopic (exact) mass is 291 g/mol. The second-order valence-electron chi connectivity index (χ2n) is 4.74. The summed E-state index contributed by atoms with van der Waals surface area (Å²) in [4.78, 5) is 23.7. The molecule has 0 radical (unpaired) electrons. The third-order valence-corrected chi connectivity index (χ3v) is 3.44. The Morgan fingerprint density at radius 3 is 2.71 bits per heavy atom. The minimum atomic E-state index is -0.635. The first-order chi connectivity index (χ1) is 9.86. The molecule has 0 unspecified atom stereocenters. The minimum absolute atomic E-state index is 0.0195. The average Bonchev–Trinajstić information content (AvgIpc) is 2.44. The van der Waals surface area contributed by atoms with E-state index in [0.29, 0.717) is 16.8 Å². The summed E-state index contributed by atoms with van der Waals surface area (Å²) < 4.78 is 5.05. The van der Waals surface area contributed by atoms with Crippen molar-refractivity contribution in [1.82, 2.24) is 10.3 Å². The molecule has 0 spiro atoms. The normalized spacial score (nSPS) is 18.6. The van der Waals surface area contributed by atoms with Gasteiger partial charge in [0.05, 0.1) is 13.2 Å². The zero-order valence-electron chi connectivity index (χ0n) is 12.0. The topological polar surface area (TPSA) is 105 Å². The fourth-order valence-corrected chi connectivity index (χ4v) is 2.34. The summed E-state index contributed by atoms with van der Waals surface area (Å²) in [7, 11) is 1.42. The van der Waals surface area contributed by atoms with Crippen LogP contribution in [0.2, 0.25) is 0 Å². The molecule has 7 heteroatoms. The van der Waals surface area contributed by atoms with Crippen molar-refractivity contribution in [2.24, 2.45) is 5.84 Å². The molecule has 4 N–H and O–H groups in total. The van der Waals surface area contributed by atoms with Crippen LogP contribution >= 0.6 is 0 Å². The third kappa shape index (κ3) is 2.55. The molecule has 0 fully saturated rings. The van der Waals surface area contributed by atoms with Gasteiger partial charge in [-0.15, -0.1) is 0 Å². The SMILES string of the molecule is COc1cc([C@@H]2NC(=O)N(N)C(C)=C2C(C)=O)ccc1O. The van der Waals surface area contributed by atoms with Crippen molar-refractivity contribution >= 4 is 11.8 Å². The highest BCUT2D eigenvalue weighted by atomic mass is 16.5. The predicted octanol–water partition coefficient (Wildman–Crippen LogP) is 1.20. The molecule has 1 atom stereocenters. The zero-order valence-corrected chi connectivity index (χ0v) is 12.0. The lowest BCUT2D eigenvalue weighted by atomic mass is 9.92. The minimum Gasteiger partial charge on any atom is -0.504 e.